The van der Waals surface area contributed by atoms with Crippen molar-refractivity contribution >= 4 is 5.97 Å². The lowest BCUT2D eigenvalue weighted by Crippen LogP contribution is -2.24. The van der Waals surface area contributed by atoms with Crippen LogP contribution in [0, 0.1) is 0 Å². The molecule has 0 bridgehead atoms. The largest absolute Gasteiger partial charge is 0.477 e. The number of benzene rings is 2. The number of aromatic carboxylic acids is 1. The van der Waals surface area contributed by atoms with Crippen molar-refractivity contribution in [3.05, 3.63) is 76.9 Å². The molecule has 172 valence electrons. The number of hydrogen-bond acceptors (Lipinski definition) is 7. The van der Waals surface area contributed by atoms with Crippen LogP contribution in [0.2, 0.25) is 0 Å². The SMILES string of the molecule is CCCc1nc(C(C)(C)O)c(C(=O)O)n1Cc1ccc(-c2ccccc2C2N=NNN2)cc1. The Hall–Kier alpha value is -3.56. The van der Waals surface area contributed by atoms with Crippen LogP contribution in [-0.2, 0) is 18.6 Å². The lowest BCUT2D eigenvalue weighted by atomic mass is 9.97. The molecule has 1 aromatic heterocycles. The van der Waals surface area contributed by atoms with Crippen molar-refractivity contribution in [1.82, 2.24) is 20.5 Å². The number of aryl methyl sites for hydroxylation is 1. The van der Waals surface area contributed by atoms with E-state index in [1.807, 2.05) is 55.5 Å². The molecule has 0 radical (unpaired) electrons. The summed E-state index contributed by atoms with van der Waals surface area (Å²) in [4.78, 5) is 16.6. The average molecular weight is 449 g/mol. The highest BCUT2D eigenvalue weighted by atomic mass is 16.4. The Balaban J connectivity index is 1.68. The molecule has 0 saturated heterocycles. The number of carbonyl (C=O) groups is 1. The first-order valence-corrected chi connectivity index (χ1v) is 10.9. The number of nitrogens with zero attached hydrogens (tertiary/aromatic N) is 4. The molecule has 1 aliphatic rings. The molecule has 1 atom stereocenters. The van der Waals surface area contributed by atoms with E-state index in [2.05, 4.69) is 26.3 Å². The zero-order chi connectivity index (χ0) is 23.6. The summed E-state index contributed by atoms with van der Waals surface area (Å²) in [6.07, 6.45) is 1.18. The van der Waals surface area contributed by atoms with Crippen molar-refractivity contribution in [2.24, 2.45) is 10.3 Å². The van der Waals surface area contributed by atoms with Crippen LogP contribution in [0.25, 0.3) is 11.1 Å². The van der Waals surface area contributed by atoms with Gasteiger partial charge >= 0.3 is 5.97 Å². The Morgan fingerprint density at radius 2 is 1.88 bits per heavy atom. The number of carboxylic acid groups (broad SMARTS) is 1. The smallest absolute Gasteiger partial charge is 0.354 e. The van der Waals surface area contributed by atoms with Gasteiger partial charge in [0.2, 0.25) is 0 Å². The molecule has 4 rings (SSSR count). The van der Waals surface area contributed by atoms with Gasteiger partial charge in [0.15, 0.2) is 11.9 Å². The summed E-state index contributed by atoms with van der Waals surface area (Å²) < 4.78 is 1.70. The zero-order valence-electron chi connectivity index (χ0n) is 18.9. The fourth-order valence-corrected chi connectivity index (χ4v) is 4.04. The molecule has 2 aromatic carbocycles. The maximum Gasteiger partial charge on any atom is 0.354 e. The third kappa shape index (κ3) is 4.64. The second-order valence-electron chi connectivity index (χ2n) is 8.58. The predicted octanol–water partition coefficient (Wildman–Crippen LogP) is 3.95. The first kappa shape index (κ1) is 22.6. The quantitative estimate of drug-likeness (QED) is 0.414. The minimum absolute atomic E-state index is 0.0329. The van der Waals surface area contributed by atoms with Crippen molar-refractivity contribution in [2.45, 2.75) is 51.9 Å². The second kappa shape index (κ2) is 9.13. The summed E-state index contributed by atoms with van der Waals surface area (Å²) in [5.41, 5.74) is 8.54. The lowest BCUT2D eigenvalue weighted by Gasteiger charge is -2.16. The number of rotatable bonds is 8. The van der Waals surface area contributed by atoms with Gasteiger partial charge < -0.3 is 14.8 Å². The van der Waals surface area contributed by atoms with Crippen molar-refractivity contribution in [1.29, 1.82) is 0 Å². The van der Waals surface area contributed by atoms with Gasteiger partial charge in [0.25, 0.3) is 0 Å². The summed E-state index contributed by atoms with van der Waals surface area (Å²) in [5, 5.41) is 28.4. The molecule has 1 aliphatic heterocycles. The fourth-order valence-electron chi connectivity index (χ4n) is 4.04. The van der Waals surface area contributed by atoms with E-state index in [1.54, 1.807) is 18.4 Å². The van der Waals surface area contributed by atoms with E-state index in [4.69, 9.17) is 0 Å². The molecule has 0 saturated carbocycles. The molecule has 9 nitrogen and oxygen atoms in total. The summed E-state index contributed by atoms with van der Waals surface area (Å²) >= 11 is 0. The number of hydrazine groups is 1. The highest BCUT2D eigenvalue weighted by molar-refractivity contribution is 5.87. The van der Waals surface area contributed by atoms with Crippen LogP contribution in [0.15, 0.2) is 58.9 Å². The first-order chi connectivity index (χ1) is 15.8. The van der Waals surface area contributed by atoms with Crippen LogP contribution in [0.1, 0.15) is 66.5 Å². The average Bonchev–Trinajstić information content (AvgIpc) is 3.43. The molecule has 9 heteroatoms. The molecule has 0 aliphatic carbocycles. The number of nitrogens with one attached hydrogen (secondary N) is 2. The van der Waals surface area contributed by atoms with Gasteiger partial charge in [-0.15, -0.1) is 5.11 Å². The Bertz CT molecular complexity index is 1180. The van der Waals surface area contributed by atoms with Gasteiger partial charge in [-0.2, -0.15) is 5.43 Å². The van der Waals surface area contributed by atoms with Crippen LogP contribution in [0.3, 0.4) is 0 Å². The third-order valence-electron chi connectivity index (χ3n) is 5.59. The van der Waals surface area contributed by atoms with Gasteiger partial charge in [-0.3, -0.25) is 0 Å². The van der Waals surface area contributed by atoms with Gasteiger partial charge in [0.1, 0.15) is 17.1 Å². The second-order valence-corrected chi connectivity index (χ2v) is 8.58. The summed E-state index contributed by atoms with van der Waals surface area (Å²) in [6.45, 7) is 5.48. The normalized spacial score (nSPS) is 15.6. The zero-order valence-corrected chi connectivity index (χ0v) is 18.9. The Kier molecular flexibility index (Phi) is 6.26. The van der Waals surface area contributed by atoms with E-state index >= 15 is 0 Å². The van der Waals surface area contributed by atoms with E-state index in [0.29, 0.717) is 18.8 Å². The molecule has 33 heavy (non-hydrogen) atoms. The summed E-state index contributed by atoms with van der Waals surface area (Å²) in [6, 6.07) is 16.0. The fraction of sp³-hybridized carbons (Fsp3) is 0.333. The molecule has 0 amide bonds. The minimum atomic E-state index is -1.35. The van der Waals surface area contributed by atoms with Gasteiger partial charge in [0, 0.05) is 18.5 Å². The minimum Gasteiger partial charge on any atom is -0.477 e. The van der Waals surface area contributed by atoms with Crippen LogP contribution in [0.4, 0.5) is 0 Å². The van der Waals surface area contributed by atoms with Crippen molar-refractivity contribution in [2.75, 3.05) is 0 Å². The first-order valence-electron chi connectivity index (χ1n) is 10.9. The van der Waals surface area contributed by atoms with Crippen LogP contribution < -0.4 is 11.0 Å². The third-order valence-corrected chi connectivity index (χ3v) is 5.59. The topological polar surface area (TPSA) is 124 Å². The molecule has 4 N–H and O–H groups in total. The number of imidazole rings is 1. The van der Waals surface area contributed by atoms with Gasteiger partial charge in [0.05, 0.1) is 0 Å². The Morgan fingerprint density at radius 1 is 1.15 bits per heavy atom. The van der Waals surface area contributed by atoms with E-state index < -0.39 is 11.6 Å². The number of carboxylic acids is 1. The van der Waals surface area contributed by atoms with Crippen molar-refractivity contribution < 1.29 is 15.0 Å². The van der Waals surface area contributed by atoms with Crippen molar-refractivity contribution in [3.8, 4) is 11.1 Å². The molecule has 0 fully saturated rings. The number of hydrogen-bond donors (Lipinski definition) is 4. The van der Waals surface area contributed by atoms with E-state index in [-0.39, 0.29) is 17.6 Å². The van der Waals surface area contributed by atoms with Crippen LogP contribution in [-0.4, -0.2) is 25.7 Å². The van der Waals surface area contributed by atoms with E-state index in [0.717, 1.165) is 28.7 Å². The molecule has 0 spiro atoms. The van der Waals surface area contributed by atoms with Crippen LogP contribution >= 0.6 is 0 Å². The van der Waals surface area contributed by atoms with E-state index in [9.17, 15) is 15.0 Å². The Morgan fingerprint density at radius 3 is 2.48 bits per heavy atom. The van der Waals surface area contributed by atoms with Crippen molar-refractivity contribution in [3.63, 3.8) is 0 Å². The standard InChI is InChI=1S/C24H28N6O3/c1-4-7-19-25-21(24(2,3)33)20(23(31)32)30(19)14-15-10-12-16(13-11-15)17-8-5-6-9-18(17)22-26-28-29-27-22/h5-6,8-13,22,33H,4,7,14H2,1-3H3,(H,26,29)(H,27,28)(H,31,32). The maximum absolute atomic E-state index is 12.1. The summed E-state index contributed by atoms with van der Waals surface area (Å²) in [7, 11) is 0. The number of aromatic nitrogens is 2. The van der Waals surface area contributed by atoms with Gasteiger partial charge in [-0.05, 0) is 37.0 Å². The van der Waals surface area contributed by atoms with E-state index in [1.165, 1.54) is 0 Å². The monoisotopic (exact) mass is 448 g/mol. The molecular weight excluding hydrogens is 420 g/mol. The van der Waals surface area contributed by atoms with Gasteiger partial charge in [-0.25, -0.2) is 15.3 Å². The van der Waals surface area contributed by atoms with Crippen LogP contribution in [0.5, 0.6) is 0 Å². The number of aliphatic hydroxyl groups is 1. The highest BCUT2D eigenvalue weighted by Crippen LogP contribution is 2.31. The predicted molar refractivity (Wildman–Crippen MR) is 123 cm³/mol. The molecule has 3 aromatic rings. The Labute approximate surface area is 192 Å². The highest BCUT2D eigenvalue weighted by Gasteiger charge is 2.31. The molecule has 1 unspecified atom stereocenters. The molecule has 2 heterocycles. The summed E-state index contributed by atoms with van der Waals surface area (Å²) in [5.74, 6) is -0.439. The van der Waals surface area contributed by atoms with Gasteiger partial charge in [-0.1, -0.05) is 60.7 Å². The maximum atomic E-state index is 12.1. The lowest BCUT2D eigenvalue weighted by molar-refractivity contribution is 0.0602. The molecular formula is C24H28N6O3.